The molecule has 3 aromatic rings. The Hall–Kier alpha value is -2.04. The average Bonchev–Trinajstić information content (AvgIpc) is 2.78. The quantitative estimate of drug-likeness (QED) is 0.273. The van der Waals surface area contributed by atoms with Crippen molar-refractivity contribution in [1.29, 1.82) is 0 Å². The minimum atomic E-state index is -0.743. The molecule has 1 atom stereocenters. The van der Waals surface area contributed by atoms with Gasteiger partial charge in [-0.2, -0.15) is 0 Å². The van der Waals surface area contributed by atoms with Crippen LogP contribution in [-0.2, 0) is 10.3 Å². The van der Waals surface area contributed by atoms with E-state index < -0.39 is 5.60 Å². The molecule has 1 unspecified atom stereocenters. The zero-order valence-corrected chi connectivity index (χ0v) is 19.4. The molecule has 0 heterocycles. The Morgan fingerprint density at radius 1 is 0.774 bits per heavy atom. The van der Waals surface area contributed by atoms with E-state index in [0.717, 1.165) is 36.0 Å². The van der Waals surface area contributed by atoms with Gasteiger partial charge in [0.05, 0.1) is 0 Å². The Balaban J connectivity index is 0.00000341. The van der Waals surface area contributed by atoms with Gasteiger partial charge in [-0.15, -0.1) is 0 Å². The Morgan fingerprint density at radius 2 is 1.16 bits per heavy atom. The van der Waals surface area contributed by atoms with Gasteiger partial charge in [-0.1, -0.05) is 118 Å². The van der Waals surface area contributed by atoms with Crippen molar-refractivity contribution >= 4 is 0 Å². The summed E-state index contributed by atoms with van der Waals surface area (Å²) in [6, 6.07) is 31.4. The monoisotopic (exact) mass is 404 g/mol. The molecule has 3 aromatic carbocycles. The van der Waals surface area contributed by atoms with E-state index in [2.05, 4.69) is 93.6 Å². The fourth-order valence-corrected chi connectivity index (χ4v) is 4.42. The van der Waals surface area contributed by atoms with Gasteiger partial charge >= 0.3 is 18.9 Å². The maximum atomic E-state index is 7.05. The SMILES string of the molecule is [CH-]=CC(CC(C)(C)CCC)OC(c1ccccc1)(c1ccccc1)c1ccccc1.[Li+]. The second-order valence-corrected chi connectivity index (χ2v) is 8.75. The Bertz CT molecular complexity index is 807. The van der Waals surface area contributed by atoms with Gasteiger partial charge < -0.3 is 11.3 Å². The Kier molecular flexibility index (Phi) is 9.39. The number of hydrogen-bond acceptors (Lipinski definition) is 1. The average molecular weight is 405 g/mol. The summed E-state index contributed by atoms with van der Waals surface area (Å²) in [5, 5.41) is 0. The Morgan fingerprint density at radius 3 is 1.48 bits per heavy atom. The number of benzene rings is 3. The molecule has 0 aliphatic carbocycles. The van der Waals surface area contributed by atoms with Crippen molar-refractivity contribution in [3.05, 3.63) is 120 Å². The third-order valence-corrected chi connectivity index (χ3v) is 5.76. The molecule has 0 amide bonds. The van der Waals surface area contributed by atoms with Crippen LogP contribution in [-0.4, -0.2) is 6.10 Å². The van der Waals surface area contributed by atoms with Crippen molar-refractivity contribution in [2.75, 3.05) is 0 Å². The molecule has 3 rings (SSSR count). The van der Waals surface area contributed by atoms with Gasteiger partial charge in [0.1, 0.15) is 5.60 Å². The summed E-state index contributed by atoms with van der Waals surface area (Å²) in [7, 11) is 0. The van der Waals surface area contributed by atoms with E-state index in [4.69, 9.17) is 11.3 Å². The van der Waals surface area contributed by atoms with Crippen LogP contribution in [0.5, 0.6) is 0 Å². The van der Waals surface area contributed by atoms with Crippen molar-refractivity contribution in [3.8, 4) is 0 Å². The van der Waals surface area contributed by atoms with Gasteiger partial charge in [-0.25, -0.2) is 6.08 Å². The van der Waals surface area contributed by atoms with E-state index in [9.17, 15) is 0 Å². The topological polar surface area (TPSA) is 9.23 Å². The van der Waals surface area contributed by atoms with Crippen molar-refractivity contribution in [3.63, 3.8) is 0 Å². The maximum Gasteiger partial charge on any atom is 1.00 e. The van der Waals surface area contributed by atoms with Crippen molar-refractivity contribution < 1.29 is 23.6 Å². The third-order valence-electron chi connectivity index (χ3n) is 5.76. The minimum absolute atomic E-state index is 0. The van der Waals surface area contributed by atoms with Crippen molar-refractivity contribution in [2.45, 2.75) is 51.7 Å². The van der Waals surface area contributed by atoms with Gasteiger partial charge in [0.25, 0.3) is 0 Å². The Labute approximate surface area is 200 Å². The second kappa shape index (κ2) is 11.5. The standard InChI is InChI=1S/C29H33O.Li/c1-5-22-28(3,4)23-27(6-2)30-29(24-16-10-7-11-17-24,25-18-12-8-13-19-25)26-20-14-9-15-21-26;/h2,6-21,27H,5,22-23H2,1,3-4H3;/q-1;+1. The molecular formula is C29H33LiO. The normalized spacial score (nSPS) is 12.6. The van der Waals surface area contributed by atoms with Crippen LogP contribution < -0.4 is 18.9 Å². The van der Waals surface area contributed by atoms with Crippen molar-refractivity contribution in [1.82, 2.24) is 0 Å². The van der Waals surface area contributed by atoms with Gasteiger partial charge in [-0.05, 0) is 34.9 Å². The van der Waals surface area contributed by atoms with Crippen LogP contribution in [0.2, 0.25) is 0 Å². The summed E-state index contributed by atoms with van der Waals surface area (Å²) in [5.74, 6) is 0. The molecule has 0 radical (unpaired) electrons. The zero-order valence-electron chi connectivity index (χ0n) is 19.4. The van der Waals surface area contributed by atoms with Crippen LogP contribution in [0.15, 0.2) is 97.1 Å². The number of hydrogen-bond donors (Lipinski definition) is 0. The van der Waals surface area contributed by atoms with Gasteiger partial charge in [0, 0.05) is 6.10 Å². The van der Waals surface area contributed by atoms with Crippen LogP contribution in [0, 0.1) is 12.0 Å². The summed E-state index contributed by atoms with van der Waals surface area (Å²) < 4.78 is 7.05. The molecule has 0 bridgehead atoms. The first-order valence-electron chi connectivity index (χ1n) is 10.9. The zero-order chi connectivity index (χ0) is 21.5. The summed E-state index contributed by atoms with van der Waals surface area (Å²) >= 11 is 0. The first-order chi connectivity index (χ1) is 14.5. The fraction of sp³-hybridized carbons (Fsp3) is 0.310. The van der Waals surface area contributed by atoms with Gasteiger partial charge in [0.2, 0.25) is 0 Å². The molecular weight excluding hydrogens is 371 g/mol. The molecule has 0 fully saturated rings. The molecule has 0 saturated heterocycles. The largest absolute Gasteiger partial charge is 1.00 e. The first-order valence-corrected chi connectivity index (χ1v) is 10.9. The van der Waals surface area contributed by atoms with E-state index in [-0.39, 0.29) is 30.4 Å². The number of ether oxygens (including phenoxy) is 1. The minimum Gasteiger partial charge on any atom is -0.515 e. The summed E-state index contributed by atoms with van der Waals surface area (Å²) in [5.41, 5.74) is 2.70. The smallest absolute Gasteiger partial charge is 0.515 e. The van der Waals surface area contributed by atoms with Gasteiger partial charge in [0.15, 0.2) is 0 Å². The molecule has 0 N–H and O–H groups in total. The first kappa shape index (κ1) is 25.2. The van der Waals surface area contributed by atoms with E-state index in [1.54, 1.807) is 6.08 Å². The van der Waals surface area contributed by atoms with Crippen LogP contribution in [0.1, 0.15) is 56.7 Å². The van der Waals surface area contributed by atoms with Crippen LogP contribution in [0.25, 0.3) is 0 Å². The summed E-state index contributed by atoms with van der Waals surface area (Å²) in [6.07, 6.45) is 4.68. The molecule has 0 aliphatic rings. The second-order valence-electron chi connectivity index (χ2n) is 8.75. The molecule has 31 heavy (non-hydrogen) atoms. The molecule has 156 valence electrons. The molecule has 0 aromatic heterocycles. The third kappa shape index (κ3) is 6.02. The van der Waals surface area contributed by atoms with Crippen LogP contribution in [0.4, 0.5) is 0 Å². The predicted octanol–water partition coefficient (Wildman–Crippen LogP) is 4.57. The van der Waals surface area contributed by atoms with Crippen LogP contribution in [0.3, 0.4) is 0 Å². The molecule has 0 saturated carbocycles. The molecule has 1 nitrogen and oxygen atoms in total. The number of rotatable bonds is 10. The maximum absolute atomic E-state index is 7.05. The predicted molar refractivity (Wildman–Crippen MR) is 126 cm³/mol. The van der Waals surface area contributed by atoms with E-state index in [0.29, 0.717) is 0 Å². The molecule has 0 spiro atoms. The molecule has 2 heteroatoms. The van der Waals surface area contributed by atoms with E-state index >= 15 is 0 Å². The molecule has 0 aliphatic heterocycles. The summed E-state index contributed by atoms with van der Waals surface area (Å²) in [4.78, 5) is 0. The summed E-state index contributed by atoms with van der Waals surface area (Å²) in [6.45, 7) is 13.0. The fourth-order valence-electron chi connectivity index (χ4n) is 4.42. The van der Waals surface area contributed by atoms with Crippen molar-refractivity contribution in [2.24, 2.45) is 5.41 Å². The van der Waals surface area contributed by atoms with Crippen LogP contribution >= 0.6 is 0 Å². The van der Waals surface area contributed by atoms with Gasteiger partial charge in [-0.3, -0.25) is 0 Å². The van der Waals surface area contributed by atoms with E-state index in [1.807, 2.05) is 18.2 Å². The van der Waals surface area contributed by atoms with E-state index in [1.165, 1.54) is 0 Å².